The summed E-state index contributed by atoms with van der Waals surface area (Å²) in [7, 11) is 0. The molecule has 0 bridgehead atoms. The Hall–Kier alpha value is -4.42. The molecule has 0 fully saturated rings. The van der Waals surface area contributed by atoms with Crippen LogP contribution in [0.3, 0.4) is 0 Å². The lowest BCUT2D eigenvalue weighted by Crippen LogP contribution is -2.49. The average molecular weight is 700 g/mol. The summed E-state index contributed by atoms with van der Waals surface area (Å²) in [5, 5.41) is 6.98. The fraction of sp³-hybridized carbons (Fsp3) is 0.231. The Balaban J connectivity index is 1.60. The first-order valence-corrected chi connectivity index (χ1v) is 13.3. The molecule has 4 rings (SSSR count). The lowest BCUT2D eigenvalue weighted by atomic mass is 10.2. The molecule has 1 atom stereocenters. The van der Waals surface area contributed by atoms with Gasteiger partial charge in [0.25, 0.3) is 12.3 Å². The van der Waals surface area contributed by atoms with E-state index in [-0.39, 0.29) is 49.7 Å². The zero-order chi connectivity index (χ0) is 34.0. The number of aromatic nitrogens is 3. The molecule has 0 saturated carbocycles. The molecular weight excluding hydrogens is 681 g/mol. The van der Waals surface area contributed by atoms with Crippen molar-refractivity contribution in [1.82, 2.24) is 20.3 Å². The second-order valence-electron chi connectivity index (χ2n) is 9.29. The Labute approximate surface area is 262 Å². The van der Waals surface area contributed by atoms with Gasteiger partial charge in [-0.25, -0.2) is 8.78 Å². The van der Waals surface area contributed by atoms with E-state index in [0.717, 1.165) is 30.3 Å². The van der Waals surface area contributed by atoms with Gasteiger partial charge >= 0.3 is 12.4 Å². The van der Waals surface area contributed by atoms with Gasteiger partial charge in [0, 0.05) is 12.2 Å². The van der Waals surface area contributed by atoms with Gasteiger partial charge in [-0.3, -0.25) is 9.59 Å². The second-order valence-corrected chi connectivity index (χ2v) is 10.1. The number of halogens is 10. The minimum Gasteiger partial charge on any atom is -0.471 e. The first-order valence-electron chi connectivity index (χ1n) is 12.6. The summed E-state index contributed by atoms with van der Waals surface area (Å²) in [4.78, 5) is 35.7. The number of nitrogens with two attached hydrogens (primary N) is 1. The second kappa shape index (κ2) is 13.5. The van der Waals surface area contributed by atoms with Crippen molar-refractivity contribution < 1.29 is 49.4 Å². The van der Waals surface area contributed by atoms with E-state index in [4.69, 9.17) is 33.7 Å². The van der Waals surface area contributed by atoms with Crippen molar-refractivity contribution in [3.05, 3.63) is 69.2 Å². The molecule has 20 heteroatoms. The number of nitrogens with one attached hydrogen (secondary N) is 4. The number of hydrogen-bond acceptors (Lipinski definition) is 7. The fourth-order valence-corrected chi connectivity index (χ4v) is 4.28. The van der Waals surface area contributed by atoms with Crippen molar-refractivity contribution in [3.8, 4) is 5.88 Å². The molecule has 2 aromatic heterocycles. The number of carbonyl (C=O) groups is 2. The summed E-state index contributed by atoms with van der Waals surface area (Å²) < 4.78 is 108. The fourth-order valence-electron chi connectivity index (χ4n) is 3.75. The lowest BCUT2D eigenvalue weighted by molar-refractivity contribution is -0.162. The van der Waals surface area contributed by atoms with Crippen LogP contribution in [0.25, 0.3) is 11.2 Å². The smallest absolute Gasteiger partial charge is 0.416 e. The van der Waals surface area contributed by atoms with Crippen LogP contribution in [0.4, 0.5) is 52.4 Å². The molecule has 46 heavy (non-hydrogen) atoms. The number of benzene rings is 2. The topological polar surface area (TPSA) is 147 Å². The van der Waals surface area contributed by atoms with E-state index >= 15 is 0 Å². The average Bonchev–Trinajstić information content (AvgIpc) is 3.37. The third kappa shape index (κ3) is 8.24. The molecule has 0 radical (unpaired) electrons. The standard InChI is InChI=1S/C26H19Cl2F8N7O3/c27-14-6-1-10(8-38-22(45)19(37)26(34,35)36)17(28)18(14)41-24-40-15-7-13(23(42-20(15)43-24)46-9-16(29)30)21(44)39-12-4-2-11(3-5-12)25(31,32)33/h1-7,16,19H,8-9,37H2,(H,38,45)(H,39,44)(H2,40,41,42,43). The molecule has 2 aromatic carbocycles. The van der Waals surface area contributed by atoms with E-state index in [1.165, 1.54) is 12.1 Å². The Morgan fingerprint density at radius 1 is 1.00 bits per heavy atom. The number of nitrogens with zero attached hydrogens (tertiary/aromatic N) is 2. The lowest BCUT2D eigenvalue weighted by Gasteiger charge is -2.16. The summed E-state index contributed by atoms with van der Waals surface area (Å²) in [6, 6.07) is 4.47. The largest absolute Gasteiger partial charge is 0.471 e. The van der Waals surface area contributed by atoms with Gasteiger partial charge in [-0.1, -0.05) is 29.3 Å². The first kappa shape index (κ1) is 34.5. The van der Waals surface area contributed by atoms with E-state index in [2.05, 4.69) is 25.6 Å². The van der Waals surface area contributed by atoms with Crippen molar-refractivity contribution in [1.29, 1.82) is 0 Å². The number of alkyl halides is 8. The Kier molecular flexibility index (Phi) is 10.1. The van der Waals surface area contributed by atoms with Crippen LogP contribution in [0.1, 0.15) is 21.5 Å². The van der Waals surface area contributed by atoms with Gasteiger partial charge in [0.2, 0.25) is 17.7 Å². The zero-order valence-corrected chi connectivity index (χ0v) is 24.1. The molecule has 246 valence electrons. The van der Waals surface area contributed by atoms with E-state index < -0.39 is 61.2 Å². The molecule has 10 nitrogen and oxygen atoms in total. The van der Waals surface area contributed by atoms with Crippen LogP contribution in [0.15, 0.2) is 42.5 Å². The van der Waals surface area contributed by atoms with Crippen LogP contribution < -0.4 is 26.4 Å². The van der Waals surface area contributed by atoms with Crippen molar-refractivity contribution in [2.75, 3.05) is 17.2 Å². The van der Waals surface area contributed by atoms with Crippen LogP contribution in [-0.4, -0.2) is 52.0 Å². The highest BCUT2D eigenvalue weighted by molar-refractivity contribution is 6.39. The predicted octanol–water partition coefficient (Wildman–Crippen LogP) is 6.43. The molecule has 1 unspecified atom stereocenters. The number of aromatic amines is 1. The molecule has 0 spiro atoms. The number of rotatable bonds is 10. The Morgan fingerprint density at radius 3 is 2.28 bits per heavy atom. The van der Waals surface area contributed by atoms with Gasteiger partial charge in [0.15, 0.2) is 18.3 Å². The van der Waals surface area contributed by atoms with Crippen molar-refractivity contribution >= 4 is 63.5 Å². The number of fused-ring (bicyclic) bond motifs is 1. The number of imidazole rings is 1. The van der Waals surface area contributed by atoms with Gasteiger partial charge in [-0.05, 0) is 42.0 Å². The zero-order valence-electron chi connectivity index (χ0n) is 22.6. The molecular formula is C26H19Cl2F8N7O3. The van der Waals surface area contributed by atoms with Crippen LogP contribution >= 0.6 is 23.2 Å². The van der Waals surface area contributed by atoms with Gasteiger partial charge in [0.1, 0.15) is 5.56 Å². The van der Waals surface area contributed by atoms with Crippen LogP contribution in [0.2, 0.25) is 10.0 Å². The normalized spacial score (nSPS) is 12.7. The van der Waals surface area contributed by atoms with E-state index in [0.29, 0.717) is 0 Å². The number of H-pyrrole nitrogens is 1. The maximum Gasteiger partial charge on any atom is 0.416 e. The highest BCUT2D eigenvalue weighted by Gasteiger charge is 2.42. The third-order valence-corrected chi connectivity index (χ3v) is 6.75. The molecule has 6 N–H and O–H groups in total. The highest BCUT2D eigenvalue weighted by atomic mass is 35.5. The number of hydrogen-bond donors (Lipinski definition) is 5. The molecule has 0 aliphatic rings. The van der Waals surface area contributed by atoms with Gasteiger partial charge in [0.05, 0.1) is 26.8 Å². The Bertz CT molecular complexity index is 1750. The van der Waals surface area contributed by atoms with Crippen LogP contribution in [-0.2, 0) is 17.5 Å². The van der Waals surface area contributed by atoms with E-state index in [9.17, 15) is 44.7 Å². The summed E-state index contributed by atoms with van der Waals surface area (Å²) in [5.74, 6) is -3.14. The van der Waals surface area contributed by atoms with Crippen LogP contribution in [0.5, 0.6) is 5.88 Å². The van der Waals surface area contributed by atoms with Crippen molar-refractivity contribution in [3.63, 3.8) is 0 Å². The predicted molar refractivity (Wildman–Crippen MR) is 150 cm³/mol. The maximum atomic E-state index is 13.0. The Morgan fingerprint density at radius 2 is 1.67 bits per heavy atom. The molecule has 0 saturated heterocycles. The molecule has 2 heterocycles. The summed E-state index contributed by atoms with van der Waals surface area (Å²) in [6.07, 6.45) is -12.5. The number of amides is 2. The van der Waals surface area contributed by atoms with Crippen molar-refractivity contribution in [2.45, 2.75) is 31.4 Å². The summed E-state index contributed by atoms with van der Waals surface area (Å²) in [5.41, 5.74) is 3.53. The monoisotopic (exact) mass is 699 g/mol. The third-order valence-electron chi connectivity index (χ3n) is 6.00. The number of carbonyl (C=O) groups excluding carboxylic acids is 2. The minimum atomic E-state index is -4.97. The maximum absolute atomic E-state index is 13.0. The summed E-state index contributed by atoms with van der Waals surface area (Å²) in [6.45, 7) is -1.62. The van der Waals surface area contributed by atoms with Crippen LogP contribution in [0, 0.1) is 0 Å². The number of pyridine rings is 1. The number of anilines is 3. The molecule has 0 aliphatic carbocycles. The van der Waals surface area contributed by atoms with Crippen molar-refractivity contribution in [2.24, 2.45) is 5.73 Å². The van der Waals surface area contributed by atoms with Gasteiger partial charge < -0.3 is 31.4 Å². The quantitative estimate of drug-likeness (QED) is 0.120. The molecule has 0 aliphatic heterocycles. The highest BCUT2D eigenvalue weighted by Crippen LogP contribution is 2.36. The first-order chi connectivity index (χ1) is 21.4. The van der Waals surface area contributed by atoms with E-state index in [1.807, 2.05) is 5.32 Å². The number of ether oxygens (including phenoxy) is 1. The summed E-state index contributed by atoms with van der Waals surface area (Å²) >= 11 is 12.6. The van der Waals surface area contributed by atoms with Gasteiger partial charge in [-0.2, -0.15) is 36.3 Å². The SMILES string of the molecule is NC(C(=O)NCc1ccc(Cl)c(Nc2nc3nc(OCC(F)F)c(C(=O)Nc4ccc(C(F)(F)F)cc4)cc3[nH]2)c1Cl)C(F)(F)F. The minimum absolute atomic E-state index is 0.0105. The van der Waals surface area contributed by atoms with E-state index in [1.54, 1.807) is 0 Å². The molecule has 4 aromatic rings. The van der Waals surface area contributed by atoms with Gasteiger partial charge in [-0.15, -0.1) is 0 Å². The molecule has 2 amide bonds.